The van der Waals surface area contributed by atoms with Gasteiger partial charge in [0, 0.05) is 10.6 Å². The molecule has 1 heterocycles. The van der Waals surface area contributed by atoms with E-state index in [1.54, 1.807) is 12.1 Å². The normalized spacial score (nSPS) is 21.5. The Balaban J connectivity index is 2.66. The van der Waals surface area contributed by atoms with Crippen molar-refractivity contribution in [1.29, 1.82) is 0 Å². The Morgan fingerprint density at radius 2 is 2.07 bits per heavy atom. The standard InChI is InChI=1S/C10H12ClNO2S/c1-10(2)6-15(13,14)9-5-7(11)3-4-8(9)12-10/h3-5,12H,6H2,1-2H3. The first kappa shape index (κ1) is 10.8. The van der Waals surface area contributed by atoms with E-state index in [4.69, 9.17) is 11.6 Å². The molecule has 0 aromatic heterocycles. The number of hydrogen-bond donors (Lipinski definition) is 1. The van der Waals surface area contributed by atoms with Gasteiger partial charge in [0.05, 0.1) is 16.3 Å². The minimum Gasteiger partial charge on any atom is -0.378 e. The molecule has 0 saturated carbocycles. The van der Waals surface area contributed by atoms with Crippen molar-refractivity contribution in [2.45, 2.75) is 24.3 Å². The van der Waals surface area contributed by atoms with Gasteiger partial charge in [0.25, 0.3) is 0 Å². The van der Waals surface area contributed by atoms with E-state index in [0.29, 0.717) is 15.6 Å². The van der Waals surface area contributed by atoms with Crippen LogP contribution in [0.15, 0.2) is 23.1 Å². The zero-order valence-corrected chi connectivity index (χ0v) is 10.1. The van der Waals surface area contributed by atoms with Crippen LogP contribution in [0.2, 0.25) is 5.02 Å². The highest BCUT2D eigenvalue weighted by atomic mass is 35.5. The Morgan fingerprint density at radius 1 is 1.40 bits per heavy atom. The van der Waals surface area contributed by atoms with E-state index in [9.17, 15) is 8.42 Å². The molecule has 1 aliphatic heterocycles. The zero-order valence-electron chi connectivity index (χ0n) is 8.54. The van der Waals surface area contributed by atoms with Crippen molar-refractivity contribution in [3.8, 4) is 0 Å². The van der Waals surface area contributed by atoms with E-state index in [0.717, 1.165) is 0 Å². The second-order valence-electron chi connectivity index (χ2n) is 4.41. The molecule has 2 rings (SSSR count). The first-order chi connectivity index (χ1) is 6.80. The average molecular weight is 246 g/mol. The van der Waals surface area contributed by atoms with Gasteiger partial charge in [-0.2, -0.15) is 0 Å². The van der Waals surface area contributed by atoms with Crippen LogP contribution < -0.4 is 5.32 Å². The number of halogens is 1. The van der Waals surface area contributed by atoms with Crippen LogP contribution in [-0.2, 0) is 9.84 Å². The van der Waals surface area contributed by atoms with Crippen molar-refractivity contribution in [2.75, 3.05) is 11.1 Å². The number of anilines is 1. The number of hydrogen-bond acceptors (Lipinski definition) is 3. The highest BCUT2D eigenvalue weighted by Gasteiger charge is 2.34. The molecule has 0 spiro atoms. The van der Waals surface area contributed by atoms with E-state index in [1.165, 1.54) is 6.07 Å². The summed E-state index contributed by atoms with van der Waals surface area (Å²) in [5, 5.41) is 3.62. The van der Waals surface area contributed by atoms with Crippen LogP contribution in [0.1, 0.15) is 13.8 Å². The lowest BCUT2D eigenvalue weighted by atomic mass is 10.1. The van der Waals surface area contributed by atoms with Gasteiger partial charge in [-0.1, -0.05) is 11.6 Å². The lowest BCUT2D eigenvalue weighted by Crippen LogP contribution is -2.42. The summed E-state index contributed by atoms with van der Waals surface area (Å²) in [5.41, 5.74) is 0.204. The molecule has 5 heteroatoms. The second-order valence-corrected chi connectivity index (χ2v) is 6.80. The Hall–Kier alpha value is -0.740. The number of benzene rings is 1. The van der Waals surface area contributed by atoms with Crippen LogP contribution in [-0.4, -0.2) is 19.7 Å². The van der Waals surface area contributed by atoms with Crippen molar-refractivity contribution in [3.63, 3.8) is 0 Å². The molecule has 1 aliphatic rings. The first-order valence-corrected chi connectivity index (χ1v) is 6.64. The minimum atomic E-state index is -3.22. The van der Waals surface area contributed by atoms with Crippen LogP contribution >= 0.6 is 11.6 Å². The molecule has 1 aromatic rings. The third-order valence-corrected chi connectivity index (χ3v) is 4.65. The summed E-state index contributed by atoms with van der Waals surface area (Å²) in [7, 11) is -3.22. The molecule has 0 amide bonds. The number of rotatable bonds is 0. The highest BCUT2D eigenvalue weighted by Crippen LogP contribution is 2.34. The van der Waals surface area contributed by atoms with Gasteiger partial charge in [-0.3, -0.25) is 0 Å². The molecule has 0 fully saturated rings. The van der Waals surface area contributed by atoms with E-state index >= 15 is 0 Å². The molecule has 3 nitrogen and oxygen atoms in total. The quantitative estimate of drug-likeness (QED) is 0.763. The Bertz CT molecular complexity index is 508. The molecule has 82 valence electrons. The molecule has 0 aliphatic carbocycles. The summed E-state index contributed by atoms with van der Waals surface area (Å²) in [6, 6.07) is 4.88. The van der Waals surface area contributed by atoms with Gasteiger partial charge < -0.3 is 5.32 Å². The van der Waals surface area contributed by atoms with Crippen LogP contribution in [0.3, 0.4) is 0 Å². The first-order valence-electron chi connectivity index (χ1n) is 4.61. The van der Waals surface area contributed by atoms with E-state index in [-0.39, 0.29) is 5.75 Å². The summed E-state index contributed by atoms with van der Waals surface area (Å²) in [4.78, 5) is 0.300. The van der Waals surface area contributed by atoms with Gasteiger partial charge in [0.2, 0.25) is 0 Å². The SMILES string of the molecule is CC1(C)CS(=O)(=O)c2cc(Cl)ccc2N1. The Morgan fingerprint density at radius 3 is 2.73 bits per heavy atom. The molecular weight excluding hydrogens is 234 g/mol. The maximum absolute atomic E-state index is 11.9. The number of nitrogens with one attached hydrogen (secondary N) is 1. The lowest BCUT2D eigenvalue weighted by molar-refractivity contribution is 0.556. The fraction of sp³-hybridized carbons (Fsp3) is 0.400. The molecular formula is C10H12ClNO2S. The average Bonchev–Trinajstić information content (AvgIpc) is 2.03. The van der Waals surface area contributed by atoms with Crippen molar-refractivity contribution >= 4 is 27.1 Å². The molecule has 1 N–H and O–H groups in total. The molecule has 1 aromatic carbocycles. The van der Waals surface area contributed by atoms with Crippen LogP contribution in [0.4, 0.5) is 5.69 Å². The third-order valence-electron chi connectivity index (χ3n) is 2.30. The largest absolute Gasteiger partial charge is 0.378 e. The maximum Gasteiger partial charge on any atom is 0.182 e. The predicted octanol–water partition coefficient (Wildman–Crippen LogP) is 2.32. The van der Waals surface area contributed by atoms with Crippen LogP contribution in [0.5, 0.6) is 0 Å². The van der Waals surface area contributed by atoms with Gasteiger partial charge in [0.15, 0.2) is 9.84 Å². The van der Waals surface area contributed by atoms with Gasteiger partial charge in [-0.05, 0) is 32.0 Å². The lowest BCUT2D eigenvalue weighted by Gasteiger charge is -2.33. The summed E-state index contributed by atoms with van der Waals surface area (Å²) >= 11 is 5.78. The third kappa shape index (κ3) is 1.96. The molecule has 0 unspecified atom stereocenters. The fourth-order valence-corrected chi connectivity index (χ4v) is 3.99. The summed E-state index contributed by atoms with van der Waals surface area (Å²) in [6.45, 7) is 3.73. The summed E-state index contributed by atoms with van der Waals surface area (Å²) < 4.78 is 23.9. The Kier molecular flexibility index (Phi) is 2.24. The summed E-state index contributed by atoms with van der Waals surface area (Å²) in [5.74, 6) is 0.0906. The van der Waals surface area contributed by atoms with Gasteiger partial charge in [0.1, 0.15) is 0 Å². The number of sulfone groups is 1. The maximum atomic E-state index is 11.9. The van der Waals surface area contributed by atoms with Crippen LogP contribution in [0, 0.1) is 0 Å². The molecule has 0 saturated heterocycles. The van der Waals surface area contributed by atoms with E-state index in [2.05, 4.69) is 5.32 Å². The highest BCUT2D eigenvalue weighted by molar-refractivity contribution is 7.91. The van der Waals surface area contributed by atoms with E-state index < -0.39 is 15.4 Å². The van der Waals surface area contributed by atoms with Crippen molar-refractivity contribution in [2.24, 2.45) is 0 Å². The van der Waals surface area contributed by atoms with Gasteiger partial charge >= 0.3 is 0 Å². The van der Waals surface area contributed by atoms with E-state index in [1.807, 2.05) is 13.8 Å². The molecule has 0 atom stereocenters. The minimum absolute atomic E-state index is 0.0906. The van der Waals surface area contributed by atoms with Crippen LogP contribution in [0.25, 0.3) is 0 Å². The zero-order chi connectivity index (χ0) is 11.3. The molecule has 0 radical (unpaired) electrons. The predicted molar refractivity (Wildman–Crippen MR) is 61.2 cm³/mol. The second kappa shape index (κ2) is 3.12. The summed E-state index contributed by atoms with van der Waals surface area (Å²) in [6.07, 6.45) is 0. The fourth-order valence-electron chi connectivity index (χ4n) is 1.81. The van der Waals surface area contributed by atoms with Crippen molar-refractivity contribution in [1.82, 2.24) is 0 Å². The smallest absolute Gasteiger partial charge is 0.182 e. The van der Waals surface area contributed by atoms with Crippen molar-refractivity contribution in [3.05, 3.63) is 23.2 Å². The molecule has 15 heavy (non-hydrogen) atoms. The van der Waals surface area contributed by atoms with Gasteiger partial charge in [-0.15, -0.1) is 0 Å². The Labute approximate surface area is 94.4 Å². The van der Waals surface area contributed by atoms with Gasteiger partial charge in [-0.25, -0.2) is 8.42 Å². The molecule has 0 bridgehead atoms. The number of fused-ring (bicyclic) bond motifs is 1. The topological polar surface area (TPSA) is 46.2 Å². The van der Waals surface area contributed by atoms with Crippen molar-refractivity contribution < 1.29 is 8.42 Å². The monoisotopic (exact) mass is 245 g/mol.